The second-order valence-electron chi connectivity index (χ2n) is 13.0. The maximum atomic E-state index is 13.7. The number of carboxylic acids is 1. The van der Waals surface area contributed by atoms with Crippen LogP contribution < -0.4 is 14.2 Å². The van der Waals surface area contributed by atoms with E-state index in [1.54, 1.807) is 55.4 Å². The van der Waals surface area contributed by atoms with Crippen LogP contribution in [0.2, 0.25) is 0 Å². The topological polar surface area (TPSA) is 183 Å². The van der Waals surface area contributed by atoms with Crippen LogP contribution in [-0.2, 0) is 14.3 Å². The molecule has 0 heterocycles. The summed E-state index contributed by atoms with van der Waals surface area (Å²) in [4.78, 5) is 64.7. The van der Waals surface area contributed by atoms with E-state index >= 15 is 0 Å². The molecule has 280 valence electrons. The molecule has 13 heteroatoms. The molecular weight excluding hydrogens is 752 g/mol. The van der Waals surface area contributed by atoms with Crippen LogP contribution in [0.3, 0.4) is 0 Å². The van der Waals surface area contributed by atoms with Gasteiger partial charge in [-0.1, -0.05) is 0 Å². The summed E-state index contributed by atoms with van der Waals surface area (Å²) in [7, 11) is 0. The summed E-state index contributed by atoms with van der Waals surface area (Å²) in [5.74, 6) is -5.09. The van der Waals surface area contributed by atoms with Crippen LogP contribution >= 0.6 is 15.9 Å². The molecule has 3 N–H and O–H groups in total. The Labute approximate surface area is 315 Å². The van der Waals surface area contributed by atoms with Crippen LogP contribution in [0.25, 0.3) is 0 Å². The molecule has 1 aliphatic rings. The molecule has 0 spiro atoms. The molecule has 0 bridgehead atoms. The third kappa shape index (κ3) is 6.98. The summed E-state index contributed by atoms with van der Waals surface area (Å²) < 4.78 is 22.5. The van der Waals surface area contributed by atoms with Gasteiger partial charge < -0.3 is 34.3 Å². The van der Waals surface area contributed by atoms with Gasteiger partial charge in [0.15, 0.2) is 11.5 Å². The Balaban J connectivity index is 1.66. The molecular formula is C40H41BrO12. The number of carboxylic acid groups (broad SMARTS) is 1. The van der Waals surface area contributed by atoms with Crippen LogP contribution in [-0.4, -0.2) is 57.2 Å². The van der Waals surface area contributed by atoms with Crippen molar-refractivity contribution in [2.24, 2.45) is 0 Å². The average Bonchev–Trinajstić information content (AvgIpc) is 3.07. The first-order chi connectivity index (χ1) is 24.6. The van der Waals surface area contributed by atoms with Crippen molar-refractivity contribution in [3.05, 3.63) is 101 Å². The third-order valence-electron chi connectivity index (χ3n) is 9.90. The van der Waals surface area contributed by atoms with Gasteiger partial charge in [0.1, 0.15) is 33.0 Å². The molecule has 4 rings (SSSR count). The number of aromatic hydroxyl groups is 1. The minimum Gasteiger partial charge on any atom is -0.506 e. The molecule has 0 unspecified atom stereocenters. The van der Waals surface area contributed by atoms with Gasteiger partial charge in [0, 0.05) is 6.08 Å². The van der Waals surface area contributed by atoms with E-state index < -0.39 is 41.0 Å². The highest BCUT2D eigenvalue weighted by molar-refractivity contribution is 9.10. The number of hydrogen-bond donors (Lipinski definition) is 3. The van der Waals surface area contributed by atoms with E-state index in [0.717, 1.165) is 12.2 Å². The van der Waals surface area contributed by atoms with Gasteiger partial charge in [-0.2, -0.15) is 0 Å². The molecule has 0 amide bonds. The maximum absolute atomic E-state index is 13.7. The van der Waals surface area contributed by atoms with E-state index in [9.17, 15) is 39.3 Å². The van der Waals surface area contributed by atoms with Gasteiger partial charge >= 0.3 is 23.9 Å². The summed E-state index contributed by atoms with van der Waals surface area (Å²) in [6.07, 6.45) is 2.08. The molecule has 1 aliphatic carbocycles. The molecule has 1 atom stereocenters. The first kappa shape index (κ1) is 40.5. The maximum Gasteiger partial charge on any atom is 0.356 e. The minimum absolute atomic E-state index is 0.0292. The average molecular weight is 794 g/mol. The van der Waals surface area contributed by atoms with Crippen molar-refractivity contribution in [1.29, 1.82) is 0 Å². The van der Waals surface area contributed by atoms with E-state index in [1.165, 1.54) is 26.8 Å². The number of carbonyl (C=O) groups excluding carboxylic acids is 4. The summed E-state index contributed by atoms with van der Waals surface area (Å²) >= 11 is 3.22. The molecule has 53 heavy (non-hydrogen) atoms. The van der Waals surface area contributed by atoms with E-state index in [0.29, 0.717) is 38.9 Å². The second kappa shape index (κ2) is 15.0. The van der Waals surface area contributed by atoms with Gasteiger partial charge in [-0.3, -0.25) is 4.79 Å². The molecule has 3 aromatic carbocycles. The Kier molecular flexibility index (Phi) is 11.5. The lowest BCUT2D eigenvalue weighted by Crippen LogP contribution is -2.47. The zero-order valence-corrected chi connectivity index (χ0v) is 32.9. The number of rotatable bonds is 9. The number of ketones is 1. The predicted molar refractivity (Wildman–Crippen MR) is 197 cm³/mol. The zero-order chi connectivity index (χ0) is 40.0. The summed E-state index contributed by atoms with van der Waals surface area (Å²) in [6, 6.07) is 1.50. The number of phenolic OH excluding ortho intramolecular Hbond substituents is 1. The number of aliphatic hydroxyl groups is 1. The summed E-state index contributed by atoms with van der Waals surface area (Å²) in [5.41, 5.74) is 1.52. The Morgan fingerprint density at radius 3 is 1.75 bits per heavy atom. The normalized spacial score (nSPS) is 15.4. The van der Waals surface area contributed by atoms with E-state index in [-0.39, 0.29) is 67.5 Å². The number of carbonyl (C=O) groups is 5. The molecule has 0 saturated carbocycles. The number of ether oxygens (including phenoxy) is 4. The smallest absolute Gasteiger partial charge is 0.356 e. The molecule has 0 saturated heterocycles. The second-order valence-corrected chi connectivity index (χ2v) is 13.8. The molecule has 3 aromatic rings. The van der Waals surface area contributed by atoms with Gasteiger partial charge in [-0.15, -0.1) is 0 Å². The van der Waals surface area contributed by atoms with E-state index in [1.807, 2.05) is 0 Å². The minimum atomic E-state index is -2.43. The van der Waals surface area contributed by atoms with Crippen LogP contribution in [0.1, 0.15) is 95.0 Å². The SMILES string of the molecule is CCOC1=CC(=O)C=C(C)[C@]1(O)C(=O)Oc1c(C)c(C)c(C(=O)Oc2cc(C)c(C(=O)Oc3c(C)c(C)c(C(=O)O)c(C)c3C)c(C)c2C)c(O)c1Br. The highest BCUT2D eigenvalue weighted by Gasteiger charge is 2.48. The van der Waals surface area contributed by atoms with Crippen molar-refractivity contribution in [3.63, 3.8) is 0 Å². The van der Waals surface area contributed by atoms with Crippen molar-refractivity contribution in [2.45, 2.75) is 81.8 Å². The third-order valence-corrected chi connectivity index (χ3v) is 10.6. The Morgan fingerprint density at radius 1 is 0.698 bits per heavy atom. The largest absolute Gasteiger partial charge is 0.506 e. The lowest BCUT2D eigenvalue weighted by molar-refractivity contribution is -0.151. The molecule has 0 fully saturated rings. The monoisotopic (exact) mass is 792 g/mol. The van der Waals surface area contributed by atoms with Gasteiger partial charge in [-0.05, 0) is 160 Å². The number of benzene rings is 3. The van der Waals surface area contributed by atoms with Gasteiger partial charge in [0.2, 0.25) is 5.60 Å². The predicted octanol–water partition coefficient (Wildman–Crippen LogP) is 7.15. The molecule has 12 nitrogen and oxygen atoms in total. The van der Waals surface area contributed by atoms with Gasteiger partial charge in [0.05, 0.1) is 17.7 Å². The first-order valence-corrected chi connectivity index (χ1v) is 17.3. The fraction of sp³-hybridized carbons (Fsp3) is 0.325. The van der Waals surface area contributed by atoms with Crippen LogP contribution in [0.15, 0.2) is 34.0 Å². The highest BCUT2D eigenvalue weighted by Crippen LogP contribution is 2.44. The standard InChI is InChI=1S/C40H41BrO12/c1-12-50-28-15-26(42)14-17(3)40(28,49)39(48)53-35-25(11)22(8)31(33(43)32(35)41)38(47)51-27-13-16(2)29(19(5)18(27)4)37(46)52-34-23(9)20(6)30(36(44)45)21(7)24(34)10/h13-15,43,49H,12H2,1-11H3,(H,44,45)/t40-/m1/s1. The Morgan fingerprint density at radius 2 is 1.21 bits per heavy atom. The van der Waals surface area contributed by atoms with E-state index in [2.05, 4.69) is 15.9 Å². The first-order valence-electron chi connectivity index (χ1n) is 16.5. The van der Waals surface area contributed by atoms with Crippen LogP contribution in [0, 0.1) is 62.3 Å². The van der Waals surface area contributed by atoms with E-state index in [4.69, 9.17) is 18.9 Å². The van der Waals surface area contributed by atoms with Crippen molar-refractivity contribution in [1.82, 2.24) is 0 Å². The van der Waals surface area contributed by atoms with Gasteiger partial charge in [-0.25, -0.2) is 19.2 Å². The van der Waals surface area contributed by atoms with Crippen molar-refractivity contribution in [2.75, 3.05) is 6.61 Å². The number of aromatic carboxylic acids is 1. The lowest BCUT2D eigenvalue weighted by atomic mass is 9.87. The Bertz CT molecular complexity index is 2150. The Hall–Kier alpha value is -5.27. The number of phenols is 1. The molecule has 0 aliphatic heterocycles. The highest BCUT2D eigenvalue weighted by atomic mass is 79.9. The summed E-state index contributed by atoms with van der Waals surface area (Å²) in [6.45, 7) is 17.8. The molecule has 0 radical (unpaired) electrons. The van der Waals surface area contributed by atoms with Crippen molar-refractivity contribution >= 4 is 45.6 Å². The zero-order valence-electron chi connectivity index (χ0n) is 31.3. The fourth-order valence-corrected chi connectivity index (χ4v) is 6.89. The van der Waals surface area contributed by atoms with Crippen LogP contribution in [0.4, 0.5) is 0 Å². The van der Waals surface area contributed by atoms with Crippen molar-refractivity contribution in [3.8, 4) is 23.0 Å². The number of aryl methyl sites for hydroxylation is 1. The number of esters is 3. The molecule has 0 aromatic heterocycles. The quantitative estimate of drug-likeness (QED) is 0.147. The number of hydrogen-bond acceptors (Lipinski definition) is 11. The summed E-state index contributed by atoms with van der Waals surface area (Å²) in [5, 5.41) is 32.3. The fourth-order valence-electron chi connectivity index (χ4n) is 6.32. The lowest BCUT2D eigenvalue weighted by Gasteiger charge is -2.31. The number of allylic oxidation sites excluding steroid dienone is 2. The van der Waals surface area contributed by atoms with Gasteiger partial charge in [0.25, 0.3) is 0 Å². The van der Waals surface area contributed by atoms with Crippen molar-refractivity contribution < 1.29 is 58.2 Å². The number of halogens is 1. The van der Waals surface area contributed by atoms with Crippen LogP contribution in [0.5, 0.6) is 23.0 Å².